The Bertz CT molecular complexity index is 180. The van der Waals surface area contributed by atoms with E-state index in [9.17, 15) is 4.79 Å². The number of hydrogen-bond acceptors (Lipinski definition) is 3. The molecule has 0 atom stereocenters. The van der Waals surface area contributed by atoms with E-state index in [4.69, 9.17) is 5.73 Å². The monoisotopic (exact) mass is 199 g/mol. The van der Waals surface area contributed by atoms with Gasteiger partial charge in [-0.15, -0.1) is 0 Å². The second-order valence-electron chi connectivity index (χ2n) is 3.80. The first-order chi connectivity index (χ1) is 6.77. The Morgan fingerprint density at radius 1 is 1.57 bits per heavy atom. The van der Waals surface area contributed by atoms with E-state index >= 15 is 0 Å². The molecule has 1 fully saturated rings. The number of nitrogens with one attached hydrogen (secondary N) is 1. The van der Waals surface area contributed by atoms with Crippen molar-refractivity contribution in [2.75, 3.05) is 26.2 Å². The Labute approximate surface area is 85.8 Å². The van der Waals surface area contributed by atoms with Gasteiger partial charge in [0.15, 0.2) is 0 Å². The van der Waals surface area contributed by atoms with Gasteiger partial charge in [0.1, 0.15) is 0 Å². The zero-order valence-corrected chi connectivity index (χ0v) is 8.96. The molecule has 0 saturated heterocycles. The Hall–Kier alpha value is -0.610. The van der Waals surface area contributed by atoms with Crippen LogP contribution in [0.15, 0.2) is 0 Å². The van der Waals surface area contributed by atoms with Crippen LogP contribution >= 0.6 is 0 Å². The Morgan fingerprint density at radius 3 is 2.79 bits per heavy atom. The summed E-state index contributed by atoms with van der Waals surface area (Å²) in [5.41, 5.74) is 5.46. The van der Waals surface area contributed by atoms with E-state index in [0.29, 0.717) is 25.7 Å². The summed E-state index contributed by atoms with van der Waals surface area (Å²) < 4.78 is 0. The van der Waals surface area contributed by atoms with Crippen molar-refractivity contribution in [3.05, 3.63) is 0 Å². The molecule has 0 spiro atoms. The summed E-state index contributed by atoms with van der Waals surface area (Å²) in [4.78, 5) is 13.6. The molecule has 0 bridgehead atoms. The maximum atomic E-state index is 11.4. The van der Waals surface area contributed by atoms with Gasteiger partial charge in [0.25, 0.3) is 0 Å². The highest BCUT2D eigenvalue weighted by molar-refractivity contribution is 5.78. The molecule has 0 aromatic carbocycles. The van der Waals surface area contributed by atoms with Crippen molar-refractivity contribution in [1.29, 1.82) is 0 Å². The number of amides is 1. The summed E-state index contributed by atoms with van der Waals surface area (Å²) in [5, 5.41) is 2.82. The van der Waals surface area contributed by atoms with Crippen LogP contribution in [0.5, 0.6) is 0 Å². The molecule has 1 rings (SSSR count). The molecule has 0 unspecified atom stereocenters. The minimum Gasteiger partial charge on any atom is -0.355 e. The predicted octanol–water partition coefficient (Wildman–Crippen LogP) is -0.0643. The minimum absolute atomic E-state index is 0.136. The van der Waals surface area contributed by atoms with Gasteiger partial charge in [-0.05, 0) is 32.7 Å². The van der Waals surface area contributed by atoms with E-state index < -0.39 is 0 Å². The zero-order chi connectivity index (χ0) is 10.4. The van der Waals surface area contributed by atoms with Crippen molar-refractivity contribution in [3.8, 4) is 0 Å². The summed E-state index contributed by atoms with van der Waals surface area (Å²) in [7, 11) is 0. The van der Waals surface area contributed by atoms with Gasteiger partial charge >= 0.3 is 0 Å². The second-order valence-corrected chi connectivity index (χ2v) is 3.80. The van der Waals surface area contributed by atoms with Crippen molar-refractivity contribution < 1.29 is 4.79 Å². The van der Waals surface area contributed by atoms with Crippen LogP contribution in [-0.4, -0.2) is 43.0 Å². The van der Waals surface area contributed by atoms with E-state index in [1.165, 1.54) is 12.8 Å². The van der Waals surface area contributed by atoms with Crippen LogP contribution in [0.1, 0.15) is 26.2 Å². The van der Waals surface area contributed by atoms with Gasteiger partial charge in [0.05, 0.1) is 6.54 Å². The van der Waals surface area contributed by atoms with E-state index in [-0.39, 0.29) is 5.91 Å². The predicted molar refractivity (Wildman–Crippen MR) is 57.0 cm³/mol. The van der Waals surface area contributed by atoms with E-state index in [1.807, 2.05) is 6.92 Å². The van der Waals surface area contributed by atoms with Crippen molar-refractivity contribution in [2.24, 2.45) is 5.73 Å². The van der Waals surface area contributed by atoms with Crippen molar-refractivity contribution in [1.82, 2.24) is 10.2 Å². The van der Waals surface area contributed by atoms with E-state index in [1.54, 1.807) is 0 Å². The Balaban J connectivity index is 2.23. The third-order valence-corrected chi connectivity index (χ3v) is 2.43. The normalized spacial score (nSPS) is 15.9. The van der Waals surface area contributed by atoms with Crippen molar-refractivity contribution in [2.45, 2.75) is 32.2 Å². The maximum absolute atomic E-state index is 11.4. The first-order valence-corrected chi connectivity index (χ1v) is 5.48. The lowest BCUT2D eigenvalue weighted by atomic mass is 10.3. The van der Waals surface area contributed by atoms with Crippen LogP contribution in [0.2, 0.25) is 0 Å². The fraction of sp³-hybridized carbons (Fsp3) is 0.900. The molecule has 1 aliphatic carbocycles. The van der Waals surface area contributed by atoms with Crippen LogP contribution in [0.4, 0.5) is 0 Å². The van der Waals surface area contributed by atoms with Crippen LogP contribution in [0, 0.1) is 0 Å². The lowest BCUT2D eigenvalue weighted by Gasteiger charge is -2.20. The number of nitrogens with zero attached hydrogens (tertiary/aromatic N) is 1. The zero-order valence-electron chi connectivity index (χ0n) is 8.96. The summed E-state index contributed by atoms with van der Waals surface area (Å²) in [6.07, 6.45) is 3.46. The summed E-state index contributed by atoms with van der Waals surface area (Å²) in [6.45, 7) is 4.86. The molecule has 4 heteroatoms. The van der Waals surface area contributed by atoms with Gasteiger partial charge in [0, 0.05) is 19.1 Å². The Kier molecular flexibility index (Phi) is 4.90. The molecule has 0 radical (unpaired) electrons. The Morgan fingerprint density at radius 2 is 2.29 bits per heavy atom. The number of rotatable bonds is 7. The highest BCUT2D eigenvalue weighted by atomic mass is 16.2. The number of nitrogens with two attached hydrogens (primary N) is 1. The molecular weight excluding hydrogens is 178 g/mol. The van der Waals surface area contributed by atoms with Crippen LogP contribution in [-0.2, 0) is 4.79 Å². The third kappa shape index (κ3) is 4.07. The third-order valence-electron chi connectivity index (χ3n) is 2.43. The molecule has 0 aliphatic heterocycles. The maximum Gasteiger partial charge on any atom is 0.234 e. The molecule has 0 aromatic rings. The number of carbonyl (C=O) groups is 1. The van der Waals surface area contributed by atoms with Gasteiger partial charge in [-0.3, -0.25) is 9.69 Å². The highest BCUT2D eigenvalue weighted by Gasteiger charge is 2.29. The van der Waals surface area contributed by atoms with Gasteiger partial charge < -0.3 is 11.1 Å². The van der Waals surface area contributed by atoms with Crippen LogP contribution in [0.25, 0.3) is 0 Å². The van der Waals surface area contributed by atoms with Gasteiger partial charge in [-0.2, -0.15) is 0 Å². The summed E-state index contributed by atoms with van der Waals surface area (Å²) in [6, 6.07) is 0.643. The molecule has 1 saturated carbocycles. The standard InChI is InChI=1S/C10H21N3O/c1-2-12-10(14)8-13(7-3-6-11)9-4-5-9/h9H,2-8,11H2,1H3,(H,12,14). The SMILES string of the molecule is CCNC(=O)CN(CCCN)C1CC1. The molecule has 14 heavy (non-hydrogen) atoms. The molecule has 0 heterocycles. The molecular formula is C10H21N3O. The van der Waals surface area contributed by atoms with Crippen molar-refractivity contribution in [3.63, 3.8) is 0 Å². The van der Waals surface area contributed by atoms with E-state index in [0.717, 1.165) is 13.0 Å². The summed E-state index contributed by atoms with van der Waals surface area (Å²) >= 11 is 0. The lowest BCUT2D eigenvalue weighted by Crippen LogP contribution is -2.39. The second kappa shape index (κ2) is 5.98. The average molecular weight is 199 g/mol. The quantitative estimate of drug-likeness (QED) is 0.604. The molecule has 1 amide bonds. The van der Waals surface area contributed by atoms with Gasteiger partial charge in [-0.1, -0.05) is 0 Å². The first-order valence-electron chi connectivity index (χ1n) is 5.48. The number of hydrogen-bond donors (Lipinski definition) is 2. The average Bonchev–Trinajstić information content (AvgIpc) is 2.95. The molecule has 3 N–H and O–H groups in total. The highest BCUT2D eigenvalue weighted by Crippen LogP contribution is 2.26. The molecule has 1 aliphatic rings. The fourth-order valence-corrected chi connectivity index (χ4v) is 1.56. The lowest BCUT2D eigenvalue weighted by molar-refractivity contribution is -0.122. The van der Waals surface area contributed by atoms with Gasteiger partial charge in [-0.25, -0.2) is 0 Å². The largest absolute Gasteiger partial charge is 0.355 e. The first kappa shape index (κ1) is 11.5. The van der Waals surface area contributed by atoms with E-state index in [2.05, 4.69) is 10.2 Å². The number of carbonyl (C=O) groups excluding carboxylic acids is 1. The smallest absolute Gasteiger partial charge is 0.234 e. The fourth-order valence-electron chi connectivity index (χ4n) is 1.56. The minimum atomic E-state index is 0.136. The molecule has 0 aromatic heterocycles. The van der Waals surface area contributed by atoms with Crippen LogP contribution in [0.3, 0.4) is 0 Å². The van der Waals surface area contributed by atoms with Crippen molar-refractivity contribution >= 4 is 5.91 Å². The molecule has 82 valence electrons. The van der Waals surface area contributed by atoms with Gasteiger partial charge in [0.2, 0.25) is 5.91 Å². The topological polar surface area (TPSA) is 58.4 Å². The summed E-state index contributed by atoms with van der Waals surface area (Å²) in [5.74, 6) is 0.136. The van der Waals surface area contributed by atoms with Crippen LogP contribution < -0.4 is 11.1 Å². The number of likely N-dealkylation sites (N-methyl/N-ethyl adjacent to an activating group) is 1. The molecule has 4 nitrogen and oxygen atoms in total.